The molecule has 1 aliphatic heterocycles. The molecule has 0 spiro atoms. The van der Waals surface area contributed by atoms with Crippen LogP contribution in [0, 0.1) is 0 Å². The molecule has 1 radical (unpaired) electrons. The lowest BCUT2D eigenvalue weighted by molar-refractivity contribution is -0.119. The van der Waals surface area contributed by atoms with Gasteiger partial charge in [-0.3, -0.25) is 4.79 Å². The number of hydrogen-bond acceptors (Lipinski definition) is 2. The molecule has 1 aliphatic rings. The van der Waals surface area contributed by atoms with E-state index in [1.807, 2.05) is 6.92 Å². The molecule has 0 atom stereocenters. The first-order chi connectivity index (χ1) is 3.83. The van der Waals surface area contributed by atoms with E-state index >= 15 is 0 Å². The van der Waals surface area contributed by atoms with E-state index in [-0.39, 0.29) is 5.91 Å². The molecule has 0 saturated heterocycles. The zero-order valence-corrected chi connectivity index (χ0v) is 4.72. The summed E-state index contributed by atoms with van der Waals surface area (Å²) in [5, 5.41) is 3.63. The topological polar surface area (TPSA) is 43.5 Å². The van der Waals surface area contributed by atoms with E-state index in [1.54, 1.807) is 0 Å². The van der Waals surface area contributed by atoms with E-state index in [9.17, 15) is 4.79 Å². The molecule has 0 bridgehead atoms. The number of hydrogen-bond donors (Lipinski definition) is 0. The van der Waals surface area contributed by atoms with Gasteiger partial charge in [0.25, 0.3) is 5.91 Å². The fraction of sp³-hybridized carbons (Fsp3) is 0.600. The number of rotatable bonds is 1. The standard InChI is InChI=1S/C5H7N2O/c1-2-4-3-5(8)7-6-4/h2-3H2,1H3. The summed E-state index contributed by atoms with van der Waals surface area (Å²) in [6, 6.07) is 0. The van der Waals surface area contributed by atoms with E-state index in [0.717, 1.165) is 12.1 Å². The average molecular weight is 111 g/mol. The van der Waals surface area contributed by atoms with Gasteiger partial charge in [-0.05, 0) is 6.42 Å². The zero-order chi connectivity index (χ0) is 5.98. The van der Waals surface area contributed by atoms with Gasteiger partial charge in [0.1, 0.15) is 0 Å². The summed E-state index contributed by atoms with van der Waals surface area (Å²) >= 11 is 0. The lowest BCUT2D eigenvalue weighted by Gasteiger charge is -1.82. The molecule has 1 rings (SSSR count). The minimum absolute atomic E-state index is 0.109. The molecule has 3 nitrogen and oxygen atoms in total. The fourth-order valence-electron chi connectivity index (χ4n) is 0.567. The van der Waals surface area contributed by atoms with Crippen LogP contribution in [0.2, 0.25) is 0 Å². The van der Waals surface area contributed by atoms with Crippen molar-refractivity contribution in [2.75, 3.05) is 0 Å². The maximum atomic E-state index is 10.3. The largest absolute Gasteiger partial charge is 0.270 e. The molecule has 3 heteroatoms. The Morgan fingerprint density at radius 2 is 2.50 bits per heavy atom. The second-order valence-electron chi connectivity index (χ2n) is 1.69. The summed E-state index contributed by atoms with van der Waals surface area (Å²) in [5.74, 6) is -0.109. The molecule has 0 aromatic carbocycles. The van der Waals surface area contributed by atoms with Crippen molar-refractivity contribution in [1.82, 2.24) is 5.43 Å². The van der Waals surface area contributed by atoms with E-state index in [0.29, 0.717) is 6.42 Å². The smallest absolute Gasteiger partial charge is 0.270 e. The molecule has 1 heterocycles. The molecule has 0 N–H and O–H groups in total. The van der Waals surface area contributed by atoms with Gasteiger partial charge in [-0.15, -0.1) is 5.43 Å². The Labute approximate surface area is 47.8 Å². The zero-order valence-electron chi connectivity index (χ0n) is 4.72. The van der Waals surface area contributed by atoms with Crippen LogP contribution in [0.25, 0.3) is 0 Å². The van der Waals surface area contributed by atoms with E-state index in [4.69, 9.17) is 0 Å². The third kappa shape index (κ3) is 0.857. The first-order valence-corrected chi connectivity index (χ1v) is 2.62. The molecule has 0 aromatic rings. The van der Waals surface area contributed by atoms with Gasteiger partial charge in [-0.2, -0.15) is 5.10 Å². The van der Waals surface area contributed by atoms with Gasteiger partial charge in [-0.25, -0.2) is 0 Å². The predicted molar refractivity (Wildman–Crippen MR) is 29.5 cm³/mol. The van der Waals surface area contributed by atoms with Gasteiger partial charge in [0.05, 0.1) is 6.42 Å². The molecule has 8 heavy (non-hydrogen) atoms. The highest BCUT2D eigenvalue weighted by molar-refractivity contribution is 6.04. The third-order valence-corrected chi connectivity index (χ3v) is 1.07. The second-order valence-corrected chi connectivity index (χ2v) is 1.69. The predicted octanol–water partition coefficient (Wildman–Crippen LogP) is 0.287. The Balaban J connectivity index is 2.49. The van der Waals surface area contributed by atoms with Crippen LogP contribution in [0.4, 0.5) is 0 Å². The molecular weight excluding hydrogens is 104 g/mol. The van der Waals surface area contributed by atoms with Crippen LogP contribution in [0.1, 0.15) is 19.8 Å². The lowest BCUT2D eigenvalue weighted by Crippen LogP contribution is -2.01. The second kappa shape index (κ2) is 1.94. The van der Waals surface area contributed by atoms with Crippen LogP contribution in [-0.4, -0.2) is 11.6 Å². The normalized spacial score (nSPS) is 18.1. The van der Waals surface area contributed by atoms with Crippen molar-refractivity contribution in [3.05, 3.63) is 0 Å². The minimum Gasteiger partial charge on any atom is -0.270 e. The SMILES string of the molecule is CCC1=N[N]C(=O)C1. The lowest BCUT2D eigenvalue weighted by atomic mass is 10.2. The summed E-state index contributed by atoms with van der Waals surface area (Å²) in [4.78, 5) is 10.3. The molecule has 0 saturated carbocycles. The van der Waals surface area contributed by atoms with Crippen LogP contribution < -0.4 is 5.43 Å². The van der Waals surface area contributed by atoms with Crippen molar-refractivity contribution in [2.24, 2.45) is 5.10 Å². The Bertz CT molecular complexity index is 139. The highest BCUT2D eigenvalue weighted by Gasteiger charge is 2.13. The van der Waals surface area contributed by atoms with Gasteiger partial charge in [-0.1, -0.05) is 6.92 Å². The summed E-state index contributed by atoms with van der Waals surface area (Å²) in [5.41, 5.74) is 4.24. The monoisotopic (exact) mass is 111 g/mol. The number of nitrogens with zero attached hydrogens (tertiary/aromatic N) is 2. The van der Waals surface area contributed by atoms with E-state index in [1.165, 1.54) is 0 Å². The van der Waals surface area contributed by atoms with Crippen molar-refractivity contribution in [1.29, 1.82) is 0 Å². The molecule has 0 fully saturated rings. The molecule has 0 unspecified atom stereocenters. The van der Waals surface area contributed by atoms with Crippen LogP contribution in [0.3, 0.4) is 0 Å². The number of amides is 1. The van der Waals surface area contributed by atoms with Gasteiger partial charge in [0.2, 0.25) is 0 Å². The van der Waals surface area contributed by atoms with Gasteiger partial charge >= 0.3 is 0 Å². The minimum atomic E-state index is -0.109. The maximum Gasteiger partial charge on any atom is 0.270 e. The molecular formula is C5H7N2O. The van der Waals surface area contributed by atoms with Crippen molar-refractivity contribution < 1.29 is 4.79 Å². The summed E-state index contributed by atoms with van der Waals surface area (Å²) in [7, 11) is 0. The molecule has 0 aliphatic carbocycles. The van der Waals surface area contributed by atoms with E-state index in [2.05, 4.69) is 10.5 Å². The van der Waals surface area contributed by atoms with Gasteiger partial charge in [0, 0.05) is 5.71 Å². The highest BCUT2D eigenvalue weighted by Crippen LogP contribution is 1.99. The van der Waals surface area contributed by atoms with Crippen LogP contribution in [0.5, 0.6) is 0 Å². The maximum absolute atomic E-state index is 10.3. The number of carbonyl (C=O) groups is 1. The molecule has 43 valence electrons. The highest BCUT2D eigenvalue weighted by atomic mass is 16.2. The Kier molecular flexibility index (Phi) is 1.28. The summed E-state index contributed by atoms with van der Waals surface area (Å²) in [6.45, 7) is 1.97. The fourth-order valence-corrected chi connectivity index (χ4v) is 0.567. The van der Waals surface area contributed by atoms with Crippen LogP contribution in [0.15, 0.2) is 5.10 Å². The van der Waals surface area contributed by atoms with Crippen molar-refractivity contribution >= 4 is 11.6 Å². The summed E-state index contributed by atoms with van der Waals surface area (Å²) in [6.07, 6.45) is 1.28. The molecule has 0 aromatic heterocycles. The number of carbonyl (C=O) groups excluding carboxylic acids is 1. The first-order valence-electron chi connectivity index (χ1n) is 2.62. The quantitative estimate of drug-likeness (QED) is 0.479. The van der Waals surface area contributed by atoms with Gasteiger partial charge in [0.15, 0.2) is 0 Å². The Hall–Kier alpha value is -0.860. The first kappa shape index (κ1) is 5.28. The Morgan fingerprint density at radius 1 is 1.75 bits per heavy atom. The third-order valence-electron chi connectivity index (χ3n) is 1.07. The Morgan fingerprint density at radius 3 is 2.75 bits per heavy atom. The van der Waals surface area contributed by atoms with Crippen molar-refractivity contribution in [3.8, 4) is 0 Å². The van der Waals surface area contributed by atoms with Crippen molar-refractivity contribution in [2.45, 2.75) is 19.8 Å². The van der Waals surface area contributed by atoms with Gasteiger partial charge < -0.3 is 0 Å². The van der Waals surface area contributed by atoms with Crippen molar-refractivity contribution in [3.63, 3.8) is 0 Å². The average Bonchev–Trinajstić information content (AvgIpc) is 2.14. The van der Waals surface area contributed by atoms with E-state index < -0.39 is 0 Å². The molecule has 1 amide bonds. The van der Waals surface area contributed by atoms with Crippen LogP contribution in [-0.2, 0) is 4.79 Å². The summed E-state index contributed by atoms with van der Waals surface area (Å²) < 4.78 is 0. The van der Waals surface area contributed by atoms with Crippen LogP contribution >= 0.6 is 0 Å².